The molecule has 0 radical (unpaired) electrons. The van der Waals surface area contributed by atoms with E-state index >= 15 is 0 Å². The van der Waals surface area contributed by atoms with Crippen LogP contribution in [0.3, 0.4) is 0 Å². The lowest BCUT2D eigenvalue weighted by Gasteiger charge is -2.06. The van der Waals surface area contributed by atoms with Crippen molar-refractivity contribution in [1.82, 2.24) is 4.98 Å². The minimum atomic E-state index is -0.337. The molecule has 4 N–H and O–H groups in total. The minimum Gasteiger partial charge on any atom is -0.397 e. The maximum atomic E-state index is 13.1. The monoisotopic (exact) mass is 395 g/mol. The van der Waals surface area contributed by atoms with Crippen LogP contribution in [0.4, 0.5) is 15.8 Å². The summed E-state index contributed by atoms with van der Waals surface area (Å²) in [6.07, 6.45) is 0. The van der Waals surface area contributed by atoms with E-state index in [-0.39, 0.29) is 11.7 Å². The van der Waals surface area contributed by atoms with E-state index in [1.54, 1.807) is 12.1 Å². The highest BCUT2D eigenvalue weighted by molar-refractivity contribution is 14.1. The Morgan fingerprint density at radius 1 is 1.24 bits per heavy atom. The first-order valence-electron chi connectivity index (χ1n) is 6.18. The minimum absolute atomic E-state index is 0.296. The number of amides is 1. The van der Waals surface area contributed by atoms with Crippen LogP contribution in [-0.2, 0) is 0 Å². The molecule has 21 heavy (non-hydrogen) atoms. The molecule has 1 amide bonds. The van der Waals surface area contributed by atoms with Crippen LogP contribution in [0.25, 0.3) is 10.9 Å². The normalized spacial score (nSPS) is 10.8. The van der Waals surface area contributed by atoms with Gasteiger partial charge in [0.15, 0.2) is 0 Å². The Kier molecular flexibility index (Phi) is 3.54. The Labute approximate surface area is 133 Å². The summed E-state index contributed by atoms with van der Waals surface area (Å²) in [5.41, 5.74) is 8.15. The van der Waals surface area contributed by atoms with Crippen LogP contribution in [0, 0.1) is 9.39 Å². The number of carbonyl (C=O) groups excluding carboxylic acids is 1. The van der Waals surface area contributed by atoms with Gasteiger partial charge in [-0.05, 0) is 52.9 Å². The first-order chi connectivity index (χ1) is 10.0. The highest BCUT2D eigenvalue weighted by Crippen LogP contribution is 2.23. The highest BCUT2D eigenvalue weighted by Gasteiger charge is 2.12. The van der Waals surface area contributed by atoms with Crippen LogP contribution in [0.15, 0.2) is 42.5 Å². The van der Waals surface area contributed by atoms with Gasteiger partial charge in [0.1, 0.15) is 11.5 Å². The van der Waals surface area contributed by atoms with Crippen molar-refractivity contribution < 1.29 is 9.18 Å². The molecule has 1 aromatic heterocycles. The fraction of sp³-hybridized carbons (Fsp3) is 0. The molecule has 0 aliphatic carbocycles. The number of aromatic amines is 1. The second kappa shape index (κ2) is 5.36. The summed E-state index contributed by atoms with van der Waals surface area (Å²) in [5, 5.41) is 3.62. The SMILES string of the molecule is Nc1cccc2cc(C(=O)Nc3ccc(F)cc3I)[nH]c12. The number of rotatable bonds is 2. The molecule has 2 aromatic carbocycles. The predicted molar refractivity (Wildman–Crippen MR) is 89.8 cm³/mol. The van der Waals surface area contributed by atoms with Crippen LogP contribution in [0.2, 0.25) is 0 Å². The molecule has 0 unspecified atom stereocenters. The van der Waals surface area contributed by atoms with E-state index in [4.69, 9.17) is 5.73 Å². The molecule has 3 aromatic rings. The van der Waals surface area contributed by atoms with Crippen molar-refractivity contribution in [2.45, 2.75) is 0 Å². The maximum Gasteiger partial charge on any atom is 0.272 e. The molecule has 0 bridgehead atoms. The molecule has 3 rings (SSSR count). The third kappa shape index (κ3) is 2.71. The van der Waals surface area contributed by atoms with Gasteiger partial charge in [0.05, 0.1) is 16.9 Å². The van der Waals surface area contributed by atoms with Crippen molar-refractivity contribution in [3.63, 3.8) is 0 Å². The fourth-order valence-electron chi connectivity index (χ4n) is 2.08. The van der Waals surface area contributed by atoms with Crippen LogP contribution in [-0.4, -0.2) is 10.9 Å². The van der Waals surface area contributed by atoms with Gasteiger partial charge in [0, 0.05) is 8.96 Å². The first-order valence-corrected chi connectivity index (χ1v) is 7.26. The van der Waals surface area contributed by atoms with E-state index in [0.29, 0.717) is 20.6 Å². The molecule has 6 heteroatoms. The number of anilines is 2. The number of carbonyl (C=O) groups is 1. The molecule has 0 aliphatic heterocycles. The van der Waals surface area contributed by atoms with Crippen LogP contribution >= 0.6 is 22.6 Å². The molecule has 0 aliphatic rings. The average Bonchev–Trinajstić information content (AvgIpc) is 2.87. The molecule has 4 nitrogen and oxygen atoms in total. The number of nitrogen functional groups attached to an aromatic ring is 1. The Morgan fingerprint density at radius 2 is 2.05 bits per heavy atom. The number of fused-ring (bicyclic) bond motifs is 1. The summed E-state index contributed by atoms with van der Waals surface area (Å²) in [6, 6.07) is 11.4. The second-order valence-corrected chi connectivity index (χ2v) is 5.73. The zero-order valence-corrected chi connectivity index (χ0v) is 12.9. The summed E-state index contributed by atoms with van der Waals surface area (Å²) >= 11 is 1.97. The summed E-state index contributed by atoms with van der Waals surface area (Å²) < 4.78 is 13.7. The van der Waals surface area contributed by atoms with Gasteiger partial charge in [-0.1, -0.05) is 12.1 Å². The number of aromatic nitrogens is 1. The number of halogens is 2. The highest BCUT2D eigenvalue weighted by atomic mass is 127. The summed E-state index contributed by atoms with van der Waals surface area (Å²) in [7, 11) is 0. The van der Waals surface area contributed by atoms with Crippen molar-refractivity contribution >= 4 is 50.8 Å². The second-order valence-electron chi connectivity index (χ2n) is 4.57. The Hall–Kier alpha value is -2.09. The van der Waals surface area contributed by atoms with Gasteiger partial charge in [-0.15, -0.1) is 0 Å². The van der Waals surface area contributed by atoms with E-state index in [9.17, 15) is 9.18 Å². The quantitative estimate of drug-likeness (QED) is 0.457. The van der Waals surface area contributed by atoms with Crippen LogP contribution in [0.5, 0.6) is 0 Å². The molecular formula is C15H11FIN3O. The van der Waals surface area contributed by atoms with Gasteiger partial charge in [-0.25, -0.2) is 4.39 Å². The van der Waals surface area contributed by atoms with Gasteiger partial charge in [0.2, 0.25) is 0 Å². The van der Waals surface area contributed by atoms with Crippen molar-refractivity contribution in [2.75, 3.05) is 11.1 Å². The number of hydrogen-bond acceptors (Lipinski definition) is 2. The number of para-hydroxylation sites is 1. The van der Waals surface area contributed by atoms with E-state index in [1.807, 2.05) is 34.7 Å². The fourth-order valence-corrected chi connectivity index (χ4v) is 2.69. The molecule has 0 saturated carbocycles. The van der Waals surface area contributed by atoms with E-state index in [0.717, 1.165) is 10.9 Å². The number of nitrogens with two attached hydrogens (primary N) is 1. The molecular weight excluding hydrogens is 384 g/mol. The van der Waals surface area contributed by atoms with E-state index < -0.39 is 0 Å². The number of benzene rings is 2. The summed E-state index contributed by atoms with van der Waals surface area (Å²) in [6.45, 7) is 0. The van der Waals surface area contributed by atoms with Gasteiger partial charge in [0.25, 0.3) is 5.91 Å². The molecule has 0 saturated heterocycles. The Balaban J connectivity index is 1.92. The topological polar surface area (TPSA) is 70.9 Å². The van der Waals surface area contributed by atoms with Gasteiger partial charge < -0.3 is 16.0 Å². The molecule has 0 spiro atoms. The van der Waals surface area contributed by atoms with Crippen molar-refractivity contribution in [3.05, 3.63) is 57.5 Å². The molecule has 0 fully saturated rings. The standard InChI is InChI=1S/C15H11FIN3O/c16-9-4-5-12(10(17)7-9)20-15(21)13-6-8-2-1-3-11(18)14(8)19-13/h1-7,19H,18H2,(H,20,21). The van der Waals surface area contributed by atoms with E-state index in [2.05, 4.69) is 10.3 Å². The predicted octanol–water partition coefficient (Wildman–Crippen LogP) is 3.75. The summed E-state index contributed by atoms with van der Waals surface area (Å²) in [4.78, 5) is 15.3. The van der Waals surface area contributed by atoms with Gasteiger partial charge >= 0.3 is 0 Å². The zero-order chi connectivity index (χ0) is 15.0. The number of nitrogens with one attached hydrogen (secondary N) is 2. The van der Waals surface area contributed by atoms with Gasteiger partial charge in [-0.2, -0.15) is 0 Å². The van der Waals surface area contributed by atoms with Crippen molar-refractivity contribution in [2.24, 2.45) is 0 Å². The van der Waals surface area contributed by atoms with Crippen LogP contribution in [0.1, 0.15) is 10.5 Å². The first kappa shape index (κ1) is 13.9. The average molecular weight is 395 g/mol. The third-order valence-corrected chi connectivity index (χ3v) is 4.00. The zero-order valence-electron chi connectivity index (χ0n) is 10.8. The lowest BCUT2D eigenvalue weighted by molar-refractivity contribution is 0.102. The van der Waals surface area contributed by atoms with Crippen molar-refractivity contribution in [1.29, 1.82) is 0 Å². The Morgan fingerprint density at radius 3 is 2.76 bits per heavy atom. The van der Waals surface area contributed by atoms with Gasteiger partial charge in [-0.3, -0.25) is 4.79 Å². The molecule has 106 valence electrons. The molecule has 0 atom stereocenters. The van der Waals surface area contributed by atoms with E-state index in [1.165, 1.54) is 18.2 Å². The summed E-state index contributed by atoms with van der Waals surface area (Å²) in [5.74, 6) is -0.633. The smallest absolute Gasteiger partial charge is 0.272 e. The maximum absolute atomic E-state index is 13.1. The van der Waals surface area contributed by atoms with Crippen LogP contribution < -0.4 is 11.1 Å². The third-order valence-electron chi connectivity index (χ3n) is 3.11. The number of H-pyrrole nitrogens is 1. The lowest BCUT2D eigenvalue weighted by Crippen LogP contribution is -2.13. The molecule has 1 heterocycles. The van der Waals surface area contributed by atoms with Crippen molar-refractivity contribution in [3.8, 4) is 0 Å². The number of hydrogen-bond donors (Lipinski definition) is 3. The largest absolute Gasteiger partial charge is 0.397 e. The Bertz CT molecular complexity index is 844. The lowest BCUT2D eigenvalue weighted by atomic mass is 10.2.